The lowest BCUT2D eigenvalue weighted by atomic mass is 10.2. The van der Waals surface area contributed by atoms with Crippen LogP contribution in [0.2, 0.25) is 10.2 Å². The maximum absolute atomic E-state index is 12.1. The van der Waals surface area contributed by atoms with E-state index in [2.05, 4.69) is 15.0 Å². The first kappa shape index (κ1) is 16.5. The van der Waals surface area contributed by atoms with Crippen molar-refractivity contribution in [3.63, 3.8) is 0 Å². The summed E-state index contributed by atoms with van der Waals surface area (Å²) in [5.41, 5.74) is 0.855. The molecule has 2 N–H and O–H groups in total. The highest BCUT2D eigenvalue weighted by Crippen LogP contribution is 2.19. The summed E-state index contributed by atoms with van der Waals surface area (Å²) in [4.78, 5) is 15.9. The summed E-state index contributed by atoms with van der Waals surface area (Å²) in [5, 5.41) is 2.93. The number of hydrogen-bond donors (Lipinski definition) is 2. The second kappa shape index (κ2) is 6.51. The van der Waals surface area contributed by atoms with E-state index in [1.54, 1.807) is 12.1 Å². The summed E-state index contributed by atoms with van der Waals surface area (Å²) >= 11 is 11.6. The predicted molar refractivity (Wildman–Crippen MR) is 87.1 cm³/mol. The molecule has 0 aliphatic carbocycles. The van der Waals surface area contributed by atoms with E-state index in [-0.39, 0.29) is 15.9 Å². The minimum absolute atomic E-state index is 0.00695. The number of anilines is 2. The van der Waals surface area contributed by atoms with Crippen LogP contribution in [-0.2, 0) is 10.0 Å². The topological polar surface area (TPSA) is 88.2 Å². The fourth-order valence-corrected chi connectivity index (χ4v) is 2.51. The molecule has 2 rings (SSSR count). The van der Waals surface area contributed by atoms with Crippen LogP contribution in [0.3, 0.4) is 0 Å². The number of hydrogen-bond acceptors (Lipinski definition) is 4. The number of nitrogens with one attached hydrogen (secondary N) is 2. The molecule has 0 saturated heterocycles. The van der Waals surface area contributed by atoms with Crippen LogP contribution in [0.15, 0.2) is 36.4 Å². The Balaban J connectivity index is 2.14. The molecule has 1 amide bonds. The first-order valence-electron chi connectivity index (χ1n) is 5.96. The van der Waals surface area contributed by atoms with E-state index in [4.69, 9.17) is 23.2 Å². The Bertz CT molecular complexity index is 808. The van der Waals surface area contributed by atoms with Crippen LogP contribution in [0, 0.1) is 0 Å². The zero-order chi connectivity index (χ0) is 16.3. The molecule has 0 radical (unpaired) electrons. The first-order valence-corrected chi connectivity index (χ1v) is 8.60. The molecule has 0 fully saturated rings. The van der Waals surface area contributed by atoms with E-state index in [9.17, 15) is 13.2 Å². The molecule has 0 aliphatic heterocycles. The van der Waals surface area contributed by atoms with Crippen molar-refractivity contribution in [1.29, 1.82) is 0 Å². The van der Waals surface area contributed by atoms with Crippen molar-refractivity contribution in [1.82, 2.24) is 4.98 Å². The van der Waals surface area contributed by atoms with Crippen molar-refractivity contribution >= 4 is 50.5 Å². The van der Waals surface area contributed by atoms with Gasteiger partial charge >= 0.3 is 0 Å². The Hall–Kier alpha value is -1.83. The largest absolute Gasteiger partial charge is 0.321 e. The van der Waals surface area contributed by atoms with Gasteiger partial charge in [-0.2, -0.15) is 0 Å². The molecule has 6 nitrogen and oxygen atoms in total. The second-order valence-electron chi connectivity index (χ2n) is 4.37. The number of nitrogens with zero attached hydrogens (tertiary/aromatic N) is 1. The van der Waals surface area contributed by atoms with Gasteiger partial charge in [0.2, 0.25) is 10.0 Å². The number of halogens is 2. The van der Waals surface area contributed by atoms with E-state index in [0.29, 0.717) is 11.4 Å². The average molecular weight is 360 g/mol. The van der Waals surface area contributed by atoms with Crippen LogP contribution in [0.1, 0.15) is 10.5 Å². The van der Waals surface area contributed by atoms with Crippen molar-refractivity contribution in [3.8, 4) is 0 Å². The molecule has 0 bridgehead atoms. The molecule has 116 valence electrons. The average Bonchev–Trinajstić information content (AvgIpc) is 2.42. The molecule has 0 atom stereocenters. The van der Waals surface area contributed by atoms with Gasteiger partial charge < -0.3 is 5.32 Å². The van der Waals surface area contributed by atoms with Crippen molar-refractivity contribution < 1.29 is 13.2 Å². The Labute approximate surface area is 137 Å². The number of pyridine rings is 1. The molecule has 0 unspecified atom stereocenters. The van der Waals surface area contributed by atoms with Gasteiger partial charge in [-0.05, 0) is 36.4 Å². The Morgan fingerprint density at radius 3 is 2.23 bits per heavy atom. The molecule has 2 aromatic rings. The van der Waals surface area contributed by atoms with Crippen LogP contribution in [0.4, 0.5) is 11.4 Å². The summed E-state index contributed by atoms with van der Waals surface area (Å²) in [6.45, 7) is 0. The molecule has 1 aromatic heterocycles. The number of aromatic nitrogens is 1. The zero-order valence-corrected chi connectivity index (χ0v) is 13.6. The maximum Gasteiger partial charge on any atom is 0.275 e. The summed E-state index contributed by atoms with van der Waals surface area (Å²) in [6, 6.07) is 9.08. The number of carbonyl (C=O) groups excluding carboxylic acids is 1. The third-order valence-corrected chi connectivity index (χ3v) is 3.60. The van der Waals surface area contributed by atoms with E-state index in [1.807, 2.05) is 0 Å². The lowest BCUT2D eigenvalue weighted by Crippen LogP contribution is -2.14. The van der Waals surface area contributed by atoms with Crippen molar-refractivity contribution in [2.24, 2.45) is 0 Å². The van der Waals surface area contributed by atoms with Crippen molar-refractivity contribution in [2.75, 3.05) is 16.3 Å². The SMILES string of the molecule is CS(=O)(=O)Nc1ccc(NC(=O)c2nc(Cl)ccc2Cl)cc1. The number of sulfonamides is 1. The van der Waals surface area contributed by atoms with E-state index >= 15 is 0 Å². The van der Waals surface area contributed by atoms with Gasteiger partial charge in [-0.1, -0.05) is 23.2 Å². The number of amides is 1. The van der Waals surface area contributed by atoms with Crippen LogP contribution in [0.5, 0.6) is 0 Å². The van der Waals surface area contributed by atoms with Gasteiger partial charge in [0.15, 0.2) is 0 Å². The number of rotatable bonds is 4. The molecule has 9 heteroatoms. The van der Waals surface area contributed by atoms with E-state index < -0.39 is 15.9 Å². The second-order valence-corrected chi connectivity index (χ2v) is 6.91. The number of carbonyl (C=O) groups is 1. The Kier molecular flexibility index (Phi) is 4.90. The third kappa shape index (κ3) is 4.59. The minimum atomic E-state index is -3.35. The van der Waals surface area contributed by atoms with Gasteiger partial charge in [-0.3, -0.25) is 9.52 Å². The van der Waals surface area contributed by atoms with Crippen molar-refractivity contribution in [3.05, 3.63) is 52.3 Å². The highest BCUT2D eigenvalue weighted by Gasteiger charge is 2.13. The first-order chi connectivity index (χ1) is 10.2. The standard InChI is InChI=1S/C13H11Cl2N3O3S/c1-22(20,21)18-9-4-2-8(3-5-9)16-13(19)12-10(14)6-7-11(15)17-12/h2-7,18H,1H3,(H,16,19). The smallest absolute Gasteiger partial charge is 0.275 e. The Morgan fingerprint density at radius 1 is 1.05 bits per heavy atom. The molecular weight excluding hydrogens is 349 g/mol. The van der Waals surface area contributed by atoms with Gasteiger partial charge in [0.1, 0.15) is 10.8 Å². The van der Waals surface area contributed by atoms with Crippen LogP contribution in [-0.4, -0.2) is 25.6 Å². The van der Waals surface area contributed by atoms with E-state index in [1.165, 1.54) is 24.3 Å². The molecule has 0 aliphatic rings. The summed E-state index contributed by atoms with van der Waals surface area (Å²) in [5.74, 6) is -0.517. The van der Waals surface area contributed by atoms with Gasteiger partial charge in [0.05, 0.1) is 11.3 Å². The summed E-state index contributed by atoms with van der Waals surface area (Å²) < 4.78 is 24.5. The zero-order valence-electron chi connectivity index (χ0n) is 11.3. The Morgan fingerprint density at radius 2 is 1.64 bits per heavy atom. The highest BCUT2D eigenvalue weighted by molar-refractivity contribution is 7.92. The maximum atomic E-state index is 12.1. The van der Waals surface area contributed by atoms with Gasteiger partial charge in [0.25, 0.3) is 5.91 Å². The molecule has 0 spiro atoms. The third-order valence-electron chi connectivity index (χ3n) is 2.47. The van der Waals surface area contributed by atoms with Gasteiger partial charge in [0, 0.05) is 11.4 Å². The summed E-state index contributed by atoms with van der Waals surface area (Å²) in [7, 11) is -3.35. The van der Waals surface area contributed by atoms with Gasteiger partial charge in [-0.25, -0.2) is 13.4 Å². The lowest BCUT2D eigenvalue weighted by Gasteiger charge is -2.08. The molecule has 1 aromatic carbocycles. The molecular formula is C13H11Cl2N3O3S. The molecule has 0 saturated carbocycles. The number of benzene rings is 1. The van der Waals surface area contributed by atoms with Crippen molar-refractivity contribution in [2.45, 2.75) is 0 Å². The monoisotopic (exact) mass is 359 g/mol. The lowest BCUT2D eigenvalue weighted by molar-refractivity contribution is 0.102. The van der Waals surface area contributed by atoms with Gasteiger partial charge in [-0.15, -0.1) is 0 Å². The fraction of sp³-hybridized carbons (Fsp3) is 0.0769. The van der Waals surface area contributed by atoms with Crippen LogP contribution in [0.25, 0.3) is 0 Å². The molecule has 22 heavy (non-hydrogen) atoms. The predicted octanol–water partition coefficient (Wildman–Crippen LogP) is 3.01. The molecule has 1 heterocycles. The summed E-state index contributed by atoms with van der Waals surface area (Å²) in [6.07, 6.45) is 1.05. The van der Waals surface area contributed by atoms with E-state index in [0.717, 1.165) is 6.26 Å². The quantitative estimate of drug-likeness (QED) is 0.821. The normalized spacial score (nSPS) is 11.0. The minimum Gasteiger partial charge on any atom is -0.321 e. The highest BCUT2D eigenvalue weighted by atomic mass is 35.5. The van der Waals surface area contributed by atoms with Crippen LogP contribution < -0.4 is 10.0 Å². The van der Waals surface area contributed by atoms with Crippen LogP contribution >= 0.6 is 23.2 Å². The fourth-order valence-electron chi connectivity index (χ4n) is 1.60.